The Morgan fingerprint density at radius 1 is 1.39 bits per heavy atom. The van der Waals surface area contributed by atoms with Crippen LogP contribution in [0.1, 0.15) is 36.6 Å². The second kappa shape index (κ2) is 10.6. The largest absolute Gasteiger partial charge is 0.344 e. The first-order valence-corrected chi connectivity index (χ1v) is 11.7. The smallest absolute Gasteiger partial charge is 0.173 e. The Balaban J connectivity index is 1.58. The maximum atomic E-state index is 6.27. The van der Waals surface area contributed by atoms with Gasteiger partial charge in [-0.3, -0.25) is 0 Å². The van der Waals surface area contributed by atoms with Crippen molar-refractivity contribution < 1.29 is 0 Å². The van der Waals surface area contributed by atoms with Crippen molar-refractivity contribution in [3.8, 4) is 0 Å². The first-order chi connectivity index (χ1) is 13.5. The summed E-state index contributed by atoms with van der Waals surface area (Å²) in [5, 5.41) is 7.03. The van der Waals surface area contributed by atoms with Gasteiger partial charge in [0.1, 0.15) is 0 Å². The van der Waals surface area contributed by atoms with Gasteiger partial charge in [0, 0.05) is 28.7 Å². The number of thiocarbonyl (C=S) groups is 1. The Hall–Kier alpha value is -1.14. The van der Waals surface area contributed by atoms with Crippen molar-refractivity contribution in [1.29, 1.82) is 0 Å². The number of piperidine rings is 1. The summed E-state index contributed by atoms with van der Waals surface area (Å²) in [6, 6.07) is 10.3. The van der Waals surface area contributed by atoms with Gasteiger partial charge in [-0.05, 0) is 86.6 Å². The average Bonchev–Trinajstić information content (AvgIpc) is 3.17. The van der Waals surface area contributed by atoms with Gasteiger partial charge in [0.25, 0.3) is 0 Å². The number of thiophene rings is 1. The number of halogens is 1. The molecule has 152 valence electrons. The van der Waals surface area contributed by atoms with Crippen LogP contribution in [-0.4, -0.2) is 41.1 Å². The van der Waals surface area contributed by atoms with E-state index in [0.717, 1.165) is 53.4 Å². The molecule has 2 aromatic rings. The van der Waals surface area contributed by atoms with Crippen molar-refractivity contribution in [2.75, 3.05) is 31.5 Å². The average molecular weight is 436 g/mol. The minimum atomic E-state index is 0.761. The minimum absolute atomic E-state index is 0.761. The van der Waals surface area contributed by atoms with E-state index in [9.17, 15) is 0 Å². The van der Waals surface area contributed by atoms with Gasteiger partial charge in [-0.15, -0.1) is 11.3 Å². The summed E-state index contributed by atoms with van der Waals surface area (Å²) < 4.78 is 0. The van der Waals surface area contributed by atoms with E-state index in [0.29, 0.717) is 0 Å². The molecule has 1 saturated heterocycles. The highest BCUT2D eigenvalue weighted by Crippen LogP contribution is 2.21. The lowest BCUT2D eigenvalue weighted by molar-refractivity contribution is 0.177. The van der Waals surface area contributed by atoms with Gasteiger partial charge in [0.2, 0.25) is 0 Å². The van der Waals surface area contributed by atoms with E-state index in [-0.39, 0.29) is 0 Å². The first kappa shape index (κ1) is 21.6. The predicted octanol–water partition coefficient (Wildman–Crippen LogP) is 6.03. The Labute approximate surface area is 183 Å². The minimum Gasteiger partial charge on any atom is -0.344 e. The molecule has 1 atom stereocenters. The van der Waals surface area contributed by atoms with Gasteiger partial charge in [0.15, 0.2) is 5.11 Å². The highest BCUT2D eigenvalue weighted by molar-refractivity contribution is 7.80. The van der Waals surface area contributed by atoms with Gasteiger partial charge < -0.3 is 15.1 Å². The SMILES string of the molecule is Cc1ccc(NC(=S)N(CCCN2CCC[C@@H](C)C2)Cc2cccs2)cc1Cl. The fourth-order valence-electron chi connectivity index (χ4n) is 3.69. The molecule has 3 rings (SSSR count). The van der Waals surface area contributed by atoms with Crippen molar-refractivity contribution in [2.24, 2.45) is 5.92 Å². The highest BCUT2D eigenvalue weighted by Gasteiger charge is 2.17. The van der Waals surface area contributed by atoms with Gasteiger partial charge in [-0.25, -0.2) is 0 Å². The summed E-state index contributed by atoms with van der Waals surface area (Å²) in [6.45, 7) is 9.78. The number of anilines is 1. The zero-order chi connectivity index (χ0) is 19.9. The molecule has 0 saturated carbocycles. The molecule has 1 aromatic carbocycles. The van der Waals surface area contributed by atoms with Crippen molar-refractivity contribution in [1.82, 2.24) is 9.80 Å². The van der Waals surface area contributed by atoms with E-state index in [1.807, 2.05) is 25.1 Å². The van der Waals surface area contributed by atoms with Crippen LogP contribution in [-0.2, 0) is 6.54 Å². The van der Waals surface area contributed by atoms with Gasteiger partial charge in [0.05, 0.1) is 6.54 Å². The first-order valence-electron chi connectivity index (χ1n) is 10.1. The zero-order valence-corrected chi connectivity index (χ0v) is 19.2. The lowest BCUT2D eigenvalue weighted by atomic mass is 10.0. The lowest BCUT2D eigenvalue weighted by Gasteiger charge is -2.32. The standard InChI is InChI=1S/C22H30ClN3S2/c1-17-6-3-10-25(15-17)11-5-12-26(16-20-7-4-13-28-20)22(27)24-19-9-8-18(2)21(23)14-19/h4,7-9,13-14,17H,3,5-6,10-12,15-16H2,1-2H3,(H,24,27)/t17-/m1/s1. The lowest BCUT2D eigenvalue weighted by Crippen LogP contribution is -2.39. The van der Waals surface area contributed by atoms with Crippen LogP contribution in [0.3, 0.4) is 0 Å². The molecule has 0 bridgehead atoms. The molecule has 1 aliphatic heterocycles. The third-order valence-electron chi connectivity index (χ3n) is 5.28. The van der Waals surface area contributed by atoms with Crippen LogP contribution in [0.2, 0.25) is 5.02 Å². The van der Waals surface area contributed by atoms with Crippen molar-refractivity contribution in [3.05, 3.63) is 51.2 Å². The number of benzene rings is 1. The Kier molecular flexibility index (Phi) is 8.15. The molecule has 1 N–H and O–H groups in total. The summed E-state index contributed by atoms with van der Waals surface area (Å²) in [6.07, 6.45) is 3.82. The second-order valence-corrected chi connectivity index (χ2v) is 9.62. The third-order valence-corrected chi connectivity index (χ3v) is 6.91. The van der Waals surface area contributed by atoms with Gasteiger partial charge in [-0.2, -0.15) is 0 Å². The predicted molar refractivity (Wildman–Crippen MR) is 127 cm³/mol. The molecule has 6 heteroatoms. The number of hydrogen-bond donors (Lipinski definition) is 1. The number of nitrogens with zero attached hydrogens (tertiary/aromatic N) is 2. The summed E-state index contributed by atoms with van der Waals surface area (Å²) in [5.41, 5.74) is 2.02. The Bertz CT molecular complexity index is 763. The fraction of sp³-hybridized carbons (Fsp3) is 0.500. The van der Waals surface area contributed by atoms with Gasteiger partial charge >= 0.3 is 0 Å². The van der Waals surface area contributed by atoms with E-state index in [1.54, 1.807) is 11.3 Å². The molecule has 0 radical (unpaired) electrons. The van der Waals surface area contributed by atoms with Crippen LogP contribution in [0.25, 0.3) is 0 Å². The topological polar surface area (TPSA) is 18.5 Å². The molecular formula is C22H30ClN3S2. The van der Waals surface area contributed by atoms with Crippen LogP contribution >= 0.6 is 35.2 Å². The molecule has 0 spiro atoms. The molecule has 1 aliphatic rings. The Morgan fingerprint density at radius 2 is 2.25 bits per heavy atom. The molecule has 1 fully saturated rings. The summed E-state index contributed by atoms with van der Waals surface area (Å²) in [7, 11) is 0. The Morgan fingerprint density at radius 3 is 2.96 bits per heavy atom. The number of likely N-dealkylation sites (tertiary alicyclic amines) is 1. The number of aryl methyl sites for hydroxylation is 1. The fourth-order valence-corrected chi connectivity index (χ4v) is 4.86. The molecule has 0 unspecified atom stereocenters. The third kappa shape index (κ3) is 6.45. The van der Waals surface area contributed by atoms with E-state index in [2.05, 4.69) is 39.6 Å². The molecule has 28 heavy (non-hydrogen) atoms. The molecule has 0 amide bonds. The van der Waals surface area contributed by atoms with Crippen molar-refractivity contribution in [3.63, 3.8) is 0 Å². The van der Waals surface area contributed by atoms with Crippen molar-refractivity contribution >= 4 is 46.0 Å². The van der Waals surface area contributed by atoms with E-state index in [4.69, 9.17) is 23.8 Å². The van der Waals surface area contributed by atoms with Crippen LogP contribution in [0.15, 0.2) is 35.7 Å². The molecule has 0 aliphatic carbocycles. The maximum Gasteiger partial charge on any atom is 0.173 e. The number of hydrogen-bond acceptors (Lipinski definition) is 3. The number of nitrogens with one attached hydrogen (secondary N) is 1. The highest BCUT2D eigenvalue weighted by atomic mass is 35.5. The van der Waals surface area contributed by atoms with E-state index >= 15 is 0 Å². The quantitative estimate of drug-likeness (QED) is 0.535. The molecular weight excluding hydrogens is 406 g/mol. The van der Waals surface area contributed by atoms with Crippen molar-refractivity contribution in [2.45, 2.75) is 39.7 Å². The molecule has 2 heterocycles. The molecule has 3 nitrogen and oxygen atoms in total. The van der Waals surface area contributed by atoms with E-state index in [1.165, 1.54) is 30.8 Å². The monoisotopic (exact) mass is 435 g/mol. The summed E-state index contributed by atoms with van der Waals surface area (Å²) in [4.78, 5) is 6.22. The normalized spacial score (nSPS) is 17.5. The second-order valence-electron chi connectivity index (χ2n) is 7.80. The molecule has 1 aromatic heterocycles. The maximum absolute atomic E-state index is 6.27. The van der Waals surface area contributed by atoms with E-state index < -0.39 is 0 Å². The summed E-state index contributed by atoms with van der Waals surface area (Å²) >= 11 is 13.8. The summed E-state index contributed by atoms with van der Waals surface area (Å²) in [5.74, 6) is 0.824. The van der Waals surface area contributed by atoms with Crippen LogP contribution < -0.4 is 5.32 Å². The zero-order valence-electron chi connectivity index (χ0n) is 16.8. The van der Waals surface area contributed by atoms with Crippen LogP contribution in [0.4, 0.5) is 5.69 Å². The number of rotatable bonds is 7. The van der Waals surface area contributed by atoms with Crippen LogP contribution in [0, 0.1) is 12.8 Å². The van der Waals surface area contributed by atoms with Gasteiger partial charge in [-0.1, -0.05) is 30.7 Å². The van der Waals surface area contributed by atoms with Crippen LogP contribution in [0.5, 0.6) is 0 Å².